The first-order chi connectivity index (χ1) is 18.9. The predicted octanol–water partition coefficient (Wildman–Crippen LogP) is 6.60. The summed E-state index contributed by atoms with van der Waals surface area (Å²) in [6.07, 6.45) is 0. The van der Waals surface area contributed by atoms with Crippen molar-refractivity contribution in [3.8, 4) is 0 Å². The highest BCUT2D eigenvalue weighted by molar-refractivity contribution is 8.03. The Morgan fingerprint density at radius 1 is 1.00 bits per heavy atom. The van der Waals surface area contributed by atoms with Crippen molar-refractivity contribution in [1.29, 1.82) is 0 Å². The lowest BCUT2D eigenvalue weighted by atomic mass is 9.79. The van der Waals surface area contributed by atoms with Gasteiger partial charge in [-0.25, -0.2) is 4.99 Å². The second kappa shape index (κ2) is 11.8. The van der Waals surface area contributed by atoms with Crippen molar-refractivity contribution in [1.82, 2.24) is 5.32 Å². The maximum atomic E-state index is 13.7. The summed E-state index contributed by atoms with van der Waals surface area (Å²) in [5.74, 6) is -0.268. The second-order valence-corrected chi connectivity index (χ2v) is 10.3. The number of nitrogens with zero attached hydrogens (tertiary/aromatic N) is 1. The molecule has 3 aromatic rings. The predicted molar refractivity (Wildman–Crippen MR) is 158 cm³/mol. The van der Waals surface area contributed by atoms with E-state index < -0.39 is 5.92 Å². The fraction of sp³-hybridized carbons (Fsp3) is 0.167. The SMILES string of the molecule is CCOC1=Nc2ccccc2C2C(C(=O)Nc3ccccc3)=C(C)NC(SCC(=O)Nc3cccc(Cl)c3)=C12. The molecule has 1 unspecified atom stereocenters. The van der Waals surface area contributed by atoms with Gasteiger partial charge in [-0.15, -0.1) is 0 Å². The molecule has 3 N–H and O–H groups in total. The van der Waals surface area contributed by atoms with Gasteiger partial charge in [-0.05, 0) is 55.8 Å². The number of nitrogens with one attached hydrogen (secondary N) is 3. The smallest absolute Gasteiger partial charge is 0.254 e. The number of para-hydroxylation sites is 2. The minimum absolute atomic E-state index is 0.130. The molecule has 5 rings (SSSR count). The van der Waals surface area contributed by atoms with E-state index in [0.717, 1.165) is 21.9 Å². The van der Waals surface area contributed by atoms with Crippen LogP contribution in [-0.4, -0.2) is 30.1 Å². The van der Waals surface area contributed by atoms with Gasteiger partial charge in [-0.3, -0.25) is 9.59 Å². The molecule has 0 aromatic heterocycles. The van der Waals surface area contributed by atoms with E-state index in [1.54, 1.807) is 24.3 Å². The maximum Gasteiger partial charge on any atom is 0.254 e. The van der Waals surface area contributed by atoms with E-state index >= 15 is 0 Å². The Labute approximate surface area is 236 Å². The molecular weight excluding hydrogens is 532 g/mol. The van der Waals surface area contributed by atoms with E-state index in [-0.39, 0.29) is 17.6 Å². The number of fused-ring (bicyclic) bond motifs is 3. The summed E-state index contributed by atoms with van der Waals surface area (Å²) in [4.78, 5) is 31.3. The molecule has 2 amide bonds. The molecule has 0 radical (unpaired) electrons. The number of allylic oxidation sites excluding steroid dienone is 1. The molecule has 0 aliphatic carbocycles. The van der Waals surface area contributed by atoms with Crippen LogP contribution in [0.5, 0.6) is 0 Å². The monoisotopic (exact) mass is 558 g/mol. The Balaban J connectivity index is 1.50. The highest BCUT2D eigenvalue weighted by Crippen LogP contribution is 2.48. The van der Waals surface area contributed by atoms with Crippen molar-refractivity contribution in [3.05, 3.63) is 111 Å². The Hall–Kier alpha value is -4.01. The molecule has 1 atom stereocenters. The van der Waals surface area contributed by atoms with Gasteiger partial charge in [0.15, 0.2) is 0 Å². The van der Waals surface area contributed by atoms with Gasteiger partial charge in [0.25, 0.3) is 5.91 Å². The zero-order valence-electron chi connectivity index (χ0n) is 21.5. The molecule has 0 spiro atoms. The van der Waals surface area contributed by atoms with E-state index in [9.17, 15) is 9.59 Å². The van der Waals surface area contributed by atoms with Crippen molar-refractivity contribution in [3.63, 3.8) is 0 Å². The summed E-state index contributed by atoms with van der Waals surface area (Å²) in [5, 5.41) is 10.6. The standard InChI is InChI=1S/C30H27ClN4O3S/c1-3-38-29-27-26(22-14-7-8-15-23(22)35-29)25(28(37)34-20-11-5-4-6-12-20)18(2)32-30(27)39-17-24(36)33-21-13-9-10-19(31)16-21/h4-16,26,32H,3,17H2,1-2H3,(H,33,36)(H,34,37). The molecule has 0 saturated carbocycles. The first kappa shape index (κ1) is 26.6. The number of ether oxygens (including phenoxy) is 1. The molecule has 198 valence electrons. The normalized spacial score (nSPS) is 16.0. The number of anilines is 2. The van der Waals surface area contributed by atoms with E-state index in [2.05, 4.69) is 16.0 Å². The van der Waals surface area contributed by atoms with Crippen LogP contribution in [0.1, 0.15) is 25.3 Å². The number of amides is 2. The topological polar surface area (TPSA) is 91.8 Å². The lowest BCUT2D eigenvalue weighted by Crippen LogP contribution is -2.35. The zero-order chi connectivity index (χ0) is 27.4. The fourth-order valence-corrected chi connectivity index (χ4v) is 5.74. The van der Waals surface area contributed by atoms with Crippen LogP contribution in [-0.2, 0) is 14.3 Å². The third kappa shape index (κ3) is 5.87. The average molecular weight is 559 g/mol. The number of dihydropyridines is 1. The number of hydrogen-bond acceptors (Lipinski definition) is 6. The summed E-state index contributed by atoms with van der Waals surface area (Å²) >= 11 is 7.40. The van der Waals surface area contributed by atoms with Gasteiger partial charge in [-0.2, -0.15) is 0 Å². The molecule has 2 heterocycles. The van der Waals surface area contributed by atoms with Gasteiger partial charge in [0.05, 0.1) is 34.6 Å². The molecule has 0 bridgehead atoms. The van der Waals surface area contributed by atoms with E-state index in [0.29, 0.717) is 40.2 Å². The first-order valence-electron chi connectivity index (χ1n) is 12.5. The van der Waals surface area contributed by atoms with Gasteiger partial charge in [-0.1, -0.05) is 65.8 Å². The van der Waals surface area contributed by atoms with E-state index in [1.165, 1.54) is 11.8 Å². The molecule has 7 nitrogen and oxygen atoms in total. The van der Waals surface area contributed by atoms with E-state index in [1.807, 2.05) is 68.4 Å². The van der Waals surface area contributed by atoms with Crippen LogP contribution < -0.4 is 16.0 Å². The van der Waals surface area contributed by atoms with Crippen molar-refractivity contribution in [2.75, 3.05) is 23.0 Å². The molecule has 2 aliphatic rings. The van der Waals surface area contributed by atoms with Crippen LogP contribution in [0.25, 0.3) is 0 Å². The molecule has 39 heavy (non-hydrogen) atoms. The molecule has 2 aliphatic heterocycles. The van der Waals surface area contributed by atoms with Crippen molar-refractivity contribution in [2.24, 2.45) is 4.99 Å². The molecule has 9 heteroatoms. The summed E-state index contributed by atoms with van der Waals surface area (Å²) < 4.78 is 6.01. The molecular formula is C30H27ClN4O3S. The highest BCUT2D eigenvalue weighted by Gasteiger charge is 2.41. The Morgan fingerprint density at radius 2 is 1.74 bits per heavy atom. The number of benzene rings is 3. The molecule has 0 fully saturated rings. The number of hydrogen-bond donors (Lipinski definition) is 3. The Bertz CT molecular complexity index is 1520. The largest absolute Gasteiger partial charge is 0.478 e. The zero-order valence-corrected chi connectivity index (χ0v) is 23.0. The van der Waals surface area contributed by atoms with Crippen molar-refractivity contribution < 1.29 is 14.3 Å². The minimum atomic E-state index is -0.427. The first-order valence-corrected chi connectivity index (χ1v) is 13.9. The number of carbonyl (C=O) groups excluding carboxylic acids is 2. The second-order valence-electron chi connectivity index (χ2n) is 8.92. The van der Waals surface area contributed by atoms with Crippen LogP contribution in [0.15, 0.2) is 106 Å². The quantitative estimate of drug-likeness (QED) is 0.304. The number of halogens is 1. The number of aliphatic imine (C=N–C) groups is 1. The van der Waals surface area contributed by atoms with Crippen LogP contribution in [0, 0.1) is 0 Å². The lowest BCUT2D eigenvalue weighted by molar-refractivity contribution is -0.114. The third-order valence-electron chi connectivity index (χ3n) is 6.24. The fourth-order valence-electron chi connectivity index (χ4n) is 4.61. The lowest BCUT2D eigenvalue weighted by Gasteiger charge is -2.35. The number of thioether (sulfide) groups is 1. The maximum absolute atomic E-state index is 13.7. The van der Waals surface area contributed by atoms with Gasteiger partial charge in [0, 0.05) is 27.7 Å². The van der Waals surface area contributed by atoms with Crippen LogP contribution in [0.3, 0.4) is 0 Å². The number of carbonyl (C=O) groups is 2. The summed E-state index contributed by atoms with van der Waals surface area (Å²) in [7, 11) is 0. The summed E-state index contributed by atoms with van der Waals surface area (Å²) in [5.41, 5.74) is 4.98. The number of rotatable bonds is 7. The third-order valence-corrected chi connectivity index (χ3v) is 7.49. The highest BCUT2D eigenvalue weighted by atomic mass is 35.5. The molecule has 0 saturated heterocycles. The van der Waals surface area contributed by atoms with Crippen LogP contribution in [0.2, 0.25) is 5.02 Å². The van der Waals surface area contributed by atoms with Gasteiger partial charge >= 0.3 is 0 Å². The van der Waals surface area contributed by atoms with Gasteiger partial charge < -0.3 is 20.7 Å². The van der Waals surface area contributed by atoms with Gasteiger partial charge in [0.1, 0.15) is 0 Å². The minimum Gasteiger partial charge on any atom is -0.478 e. The summed E-state index contributed by atoms with van der Waals surface area (Å²) in [6.45, 7) is 4.17. The van der Waals surface area contributed by atoms with Crippen molar-refractivity contribution in [2.45, 2.75) is 19.8 Å². The average Bonchev–Trinajstić information content (AvgIpc) is 2.92. The molecule has 3 aromatic carbocycles. The van der Waals surface area contributed by atoms with E-state index in [4.69, 9.17) is 21.3 Å². The van der Waals surface area contributed by atoms with Gasteiger partial charge in [0.2, 0.25) is 11.8 Å². The van der Waals surface area contributed by atoms with Crippen LogP contribution >= 0.6 is 23.4 Å². The summed E-state index contributed by atoms with van der Waals surface area (Å²) in [6, 6.07) is 24.1. The Morgan fingerprint density at radius 3 is 2.51 bits per heavy atom. The van der Waals surface area contributed by atoms with Crippen LogP contribution in [0.4, 0.5) is 17.1 Å². The van der Waals surface area contributed by atoms with Crippen molar-refractivity contribution >= 4 is 58.1 Å². The Kier molecular flexibility index (Phi) is 8.05.